The van der Waals surface area contributed by atoms with E-state index in [1.165, 1.54) is 0 Å². The van der Waals surface area contributed by atoms with Crippen LogP contribution in [0.15, 0.2) is 24.3 Å². The number of likely N-dealkylation sites (tertiary alicyclic amines) is 1. The molecule has 0 radical (unpaired) electrons. The number of nitrogens with zero attached hydrogens (tertiary/aromatic N) is 1. The largest absolute Gasteiger partial charge is 0.493 e. The summed E-state index contributed by atoms with van der Waals surface area (Å²) in [4.78, 5) is 26.6. The molecule has 0 spiro atoms. The van der Waals surface area contributed by atoms with Crippen LogP contribution in [-0.2, 0) is 9.59 Å². The summed E-state index contributed by atoms with van der Waals surface area (Å²) in [5.74, 6) is 1.68. The molecule has 0 aromatic heterocycles. The van der Waals surface area contributed by atoms with Gasteiger partial charge in [0.1, 0.15) is 6.61 Å². The van der Waals surface area contributed by atoms with Crippen molar-refractivity contribution in [1.29, 1.82) is 0 Å². The van der Waals surface area contributed by atoms with E-state index in [4.69, 9.17) is 9.47 Å². The highest BCUT2D eigenvalue weighted by atomic mass is 16.5. The van der Waals surface area contributed by atoms with Crippen molar-refractivity contribution in [1.82, 2.24) is 10.2 Å². The molecule has 2 amide bonds. The minimum absolute atomic E-state index is 0.0117. The van der Waals surface area contributed by atoms with Gasteiger partial charge in [-0.2, -0.15) is 0 Å². The van der Waals surface area contributed by atoms with Gasteiger partial charge in [-0.3, -0.25) is 9.59 Å². The van der Waals surface area contributed by atoms with E-state index >= 15 is 0 Å². The second kappa shape index (κ2) is 9.46. The van der Waals surface area contributed by atoms with Crippen molar-refractivity contribution in [2.45, 2.75) is 39.7 Å². The molecule has 1 saturated heterocycles. The summed E-state index contributed by atoms with van der Waals surface area (Å²) in [6, 6.07) is 7.34. The van der Waals surface area contributed by atoms with Crippen molar-refractivity contribution in [3.8, 4) is 11.5 Å². The summed E-state index contributed by atoms with van der Waals surface area (Å²) < 4.78 is 10.9. The molecule has 1 aliphatic heterocycles. The Bertz CT molecular complexity index is 618. The predicted octanol–water partition coefficient (Wildman–Crippen LogP) is 2.47. The Labute approximate surface area is 155 Å². The number of hydrogen-bond acceptors (Lipinski definition) is 4. The Kier molecular flexibility index (Phi) is 7.30. The van der Waals surface area contributed by atoms with Gasteiger partial charge in [0.05, 0.1) is 19.6 Å². The third kappa shape index (κ3) is 5.13. The molecule has 0 saturated carbocycles. The molecule has 2 atom stereocenters. The molecule has 0 aliphatic carbocycles. The minimum atomic E-state index is -0.169. The van der Waals surface area contributed by atoms with Crippen molar-refractivity contribution in [2.75, 3.05) is 26.8 Å². The summed E-state index contributed by atoms with van der Waals surface area (Å²) in [7, 11) is 1.60. The molecule has 6 nitrogen and oxygen atoms in total. The van der Waals surface area contributed by atoms with Gasteiger partial charge in [0.15, 0.2) is 11.5 Å². The van der Waals surface area contributed by atoms with E-state index in [1.807, 2.05) is 36.1 Å². The van der Waals surface area contributed by atoms with Crippen LogP contribution in [0.4, 0.5) is 0 Å². The van der Waals surface area contributed by atoms with Crippen LogP contribution in [0, 0.1) is 11.8 Å². The molecule has 0 bridgehead atoms. The van der Waals surface area contributed by atoms with Crippen LogP contribution in [0.3, 0.4) is 0 Å². The van der Waals surface area contributed by atoms with Crippen LogP contribution in [0.2, 0.25) is 0 Å². The first-order chi connectivity index (χ1) is 12.4. The van der Waals surface area contributed by atoms with Gasteiger partial charge in [0.25, 0.3) is 0 Å². The molecule has 144 valence electrons. The van der Waals surface area contributed by atoms with Gasteiger partial charge in [0, 0.05) is 19.0 Å². The summed E-state index contributed by atoms with van der Waals surface area (Å²) in [6.07, 6.45) is 1.04. The maximum atomic E-state index is 12.6. The normalized spacial score (nSPS) is 20.2. The van der Waals surface area contributed by atoms with Crippen LogP contribution in [0.1, 0.15) is 33.6 Å². The number of benzene rings is 1. The highest BCUT2D eigenvalue weighted by Gasteiger charge is 2.36. The molecule has 1 heterocycles. The van der Waals surface area contributed by atoms with Gasteiger partial charge in [-0.05, 0) is 31.4 Å². The van der Waals surface area contributed by atoms with Crippen LogP contribution < -0.4 is 14.8 Å². The van der Waals surface area contributed by atoms with E-state index in [9.17, 15) is 9.59 Å². The summed E-state index contributed by atoms with van der Waals surface area (Å²) in [5, 5.41) is 2.94. The molecule has 26 heavy (non-hydrogen) atoms. The van der Waals surface area contributed by atoms with E-state index in [2.05, 4.69) is 19.2 Å². The van der Waals surface area contributed by atoms with E-state index in [-0.39, 0.29) is 23.8 Å². The molecule has 1 aromatic carbocycles. The number of ether oxygens (including phenoxy) is 2. The number of carbonyl (C=O) groups is 2. The molecule has 0 unspecified atom stereocenters. The number of carbonyl (C=O) groups excluding carboxylic acids is 2. The van der Waals surface area contributed by atoms with Gasteiger partial charge in [-0.1, -0.05) is 26.0 Å². The second-order valence-electron chi connectivity index (χ2n) is 7.12. The van der Waals surface area contributed by atoms with Crippen LogP contribution in [-0.4, -0.2) is 49.6 Å². The van der Waals surface area contributed by atoms with E-state index in [0.717, 1.165) is 0 Å². The number of methoxy groups -OCH3 is 1. The lowest BCUT2D eigenvalue weighted by Crippen LogP contribution is -2.53. The van der Waals surface area contributed by atoms with Crippen molar-refractivity contribution in [3.05, 3.63) is 24.3 Å². The monoisotopic (exact) mass is 362 g/mol. The lowest BCUT2D eigenvalue weighted by Gasteiger charge is -2.39. The Morgan fingerprint density at radius 2 is 2.00 bits per heavy atom. The molecule has 1 aromatic rings. The molecule has 2 rings (SSSR count). The zero-order valence-electron chi connectivity index (χ0n) is 16.2. The number of piperidine rings is 1. The summed E-state index contributed by atoms with van der Waals surface area (Å²) in [6.45, 7) is 7.60. The maximum Gasteiger partial charge on any atom is 0.225 e. The maximum absolute atomic E-state index is 12.6. The molecule has 1 fully saturated rings. The molecule has 6 heteroatoms. The fraction of sp³-hybridized carbons (Fsp3) is 0.600. The van der Waals surface area contributed by atoms with Crippen LogP contribution in [0.25, 0.3) is 0 Å². The highest BCUT2D eigenvalue weighted by molar-refractivity contribution is 5.84. The SMILES string of the molecule is COc1ccccc1OCCNC(=O)[C@@H]1CCC(=O)N(CC(C)C)[C@@H]1C. The van der Waals surface area contributed by atoms with E-state index in [0.29, 0.717) is 50.0 Å². The Morgan fingerprint density at radius 1 is 1.31 bits per heavy atom. The van der Waals surface area contributed by atoms with Gasteiger partial charge >= 0.3 is 0 Å². The standard InChI is InChI=1S/C20H30N2O4/c1-14(2)13-22-15(3)16(9-10-19(22)23)20(24)21-11-12-26-18-8-6-5-7-17(18)25-4/h5-8,14-16H,9-13H2,1-4H3,(H,21,24)/t15-,16-/m1/s1. The number of amides is 2. The average molecular weight is 362 g/mol. The fourth-order valence-electron chi connectivity index (χ4n) is 3.32. The third-order valence-corrected chi connectivity index (χ3v) is 4.69. The first-order valence-electron chi connectivity index (χ1n) is 9.27. The average Bonchev–Trinajstić information content (AvgIpc) is 2.62. The Morgan fingerprint density at radius 3 is 2.65 bits per heavy atom. The topological polar surface area (TPSA) is 67.9 Å². The highest BCUT2D eigenvalue weighted by Crippen LogP contribution is 2.26. The lowest BCUT2D eigenvalue weighted by atomic mass is 9.88. The van der Waals surface area contributed by atoms with Crippen LogP contribution >= 0.6 is 0 Å². The smallest absolute Gasteiger partial charge is 0.225 e. The van der Waals surface area contributed by atoms with Crippen molar-refractivity contribution in [2.24, 2.45) is 11.8 Å². The van der Waals surface area contributed by atoms with Crippen molar-refractivity contribution in [3.63, 3.8) is 0 Å². The number of hydrogen-bond donors (Lipinski definition) is 1. The van der Waals surface area contributed by atoms with Crippen LogP contribution in [0.5, 0.6) is 11.5 Å². The van der Waals surface area contributed by atoms with E-state index in [1.54, 1.807) is 7.11 Å². The summed E-state index contributed by atoms with van der Waals surface area (Å²) >= 11 is 0. The number of nitrogens with one attached hydrogen (secondary N) is 1. The summed E-state index contributed by atoms with van der Waals surface area (Å²) in [5.41, 5.74) is 0. The molecular weight excluding hydrogens is 332 g/mol. The van der Waals surface area contributed by atoms with Crippen molar-refractivity contribution >= 4 is 11.8 Å². The van der Waals surface area contributed by atoms with Crippen molar-refractivity contribution < 1.29 is 19.1 Å². The molecule has 1 N–H and O–H groups in total. The number of para-hydroxylation sites is 2. The Balaban J connectivity index is 1.82. The minimum Gasteiger partial charge on any atom is -0.493 e. The molecular formula is C20H30N2O4. The fourth-order valence-corrected chi connectivity index (χ4v) is 3.32. The third-order valence-electron chi connectivity index (χ3n) is 4.69. The quantitative estimate of drug-likeness (QED) is 0.722. The van der Waals surface area contributed by atoms with Gasteiger partial charge in [-0.15, -0.1) is 0 Å². The lowest BCUT2D eigenvalue weighted by molar-refractivity contribution is -0.143. The first-order valence-corrected chi connectivity index (χ1v) is 9.27. The predicted molar refractivity (Wildman–Crippen MR) is 100 cm³/mol. The van der Waals surface area contributed by atoms with Gasteiger partial charge in [0.2, 0.25) is 11.8 Å². The van der Waals surface area contributed by atoms with Gasteiger partial charge in [-0.25, -0.2) is 0 Å². The first kappa shape index (κ1) is 20.1. The zero-order valence-corrected chi connectivity index (χ0v) is 16.2. The van der Waals surface area contributed by atoms with Gasteiger partial charge < -0.3 is 19.7 Å². The Hall–Kier alpha value is -2.24. The zero-order chi connectivity index (χ0) is 19.1. The van der Waals surface area contributed by atoms with E-state index < -0.39 is 0 Å². The molecule has 1 aliphatic rings. The number of rotatable bonds is 8. The second-order valence-corrected chi connectivity index (χ2v) is 7.12.